The molecule has 1 aromatic carbocycles. The summed E-state index contributed by atoms with van der Waals surface area (Å²) in [4.78, 5) is 0. The normalized spacial score (nSPS) is 16.7. The van der Waals surface area contributed by atoms with Gasteiger partial charge in [0.25, 0.3) is 0 Å². The van der Waals surface area contributed by atoms with Crippen LogP contribution in [0.1, 0.15) is 24.0 Å². The Balaban J connectivity index is 1.94. The van der Waals surface area contributed by atoms with Crippen molar-refractivity contribution in [2.45, 2.75) is 25.4 Å². The Morgan fingerprint density at radius 1 is 1.35 bits per heavy atom. The standard InChI is InChI=1S/C13H15FN2S/c14-12-6-10(8-15)5-11(7-12)9-16-13-1-3-17-4-2-13/h5-7,13,16H,1-4,9H2. The maximum Gasteiger partial charge on any atom is 0.124 e. The third-order valence-electron chi connectivity index (χ3n) is 2.90. The average Bonchev–Trinajstić information content (AvgIpc) is 2.37. The number of hydrogen-bond donors (Lipinski definition) is 1. The lowest BCUT2D eigenvalue weighted by Gasteiger charge is -2.22. The first-order chi connectivity index (χ1) is 8.28. The molecule has 0 aromatic heterocycles. The molecule has 1 aromatic rings. The van der Waals surface area contributed by atoms with Gasteiger partial charge in [0.15, 0.2) is 0 Å². The molecule has 0 bridgehead atoms. The molecule has 0 saturated carbocycles. The second-order valence-corrected chi connectivity index (χ2v) is 5.45. The van der Waals surface area contributed by atoms with E-state index in [2.05, 4.69) is 5.32 Å². The Kier molecular flexibility index (Phi) is 4.41. The van der Waals surface area contributed by atoms with Crippen molar-refractivity contribution in [2.75, 3.05) is 11.5 Å². The van der Waals surface area contributed by atoms with E-state index < -0.39 is 0 Å². The molecule has 90 valence electrons. The highest BCUT2D eigenvalue weighted by Gasteiger charge is 2.12. The van der Waals surface area contributed by atoms with Gasteiger partial charge in [-0.1, -0.05) is 0 Å². The van der Waals surface area contributed by atoms with E-state index in [-0.39, 0.29) is 5.82 Å². The van der Waals surface area contributed by atoms with Crippen LogP contribution in [0.4, 0.5) is 4.39 Å². The summed E-state index contributed by atoms with van der Waals surface area (Å²) in [5, 5.41) is 12.2. The largest absolute Gasteiger partial charge is 0.310 e. The number of nitrogens with zero attached hydrogens (tertiary/aromatic N) is 1. The molecule has 0 atom stereocenters. The number of benzene rings is 1. The van der Waals surface area contributed by atoms with Crippen LogP contribution in [0.5, 0.6) is 0 Å². The van der Waals surface area contributed by atoms with Crippen LogP contribution in [0.25, 0.3) is 0 Å². The first-order valence-corrected chi connectivity index (χ1v) is 6.94. The number of hydrogen-bond acceptors (Lipinski definition) is 3. The smallest absolute Gasteiger partial charge is 0.124 e. The molecule has 1 saturated heterocycles. The van der Waals surface area contributed by atoms with Gasteiger partial charge in [-0.25, -0.2) is 4.39 Å². The van der Waals surface area contributed by atoms with Gasteiger partial charge in [0.1, 0.15) is 5.82 Å². The molecule has 1 aliphatic rings. The minimum atomic E-state index is -0.333. The zero-order valence-electron chi connectivity index (χ0n) is 9.58. The minimum Gasteiger partial charge on any atom is -0.310 e. The van der Waals surface area contributed by atoms with Crippen molar-refractivity contribution in [3.63, 3.8) is 0 Å². The van der Waals surface area contributed by atoms with E-state index in [1.54, 1.807) is 6.07 Å². The van der Waals surface area contributed by atoms with Gasteiger partial charge in [0, 0.05) is 12.6 Å². The lowest BCUT2D eigenvalue weighted by Crippen LogP contribution is -2.32. The van der Waals surface area contributed by atoms with Crippen LogP contribution in [0, 0.1) is 17.1 Å². The van der Waals surface area contributed by atoms with Crippen LogP contribution in [-0.4, -0.2) is 17.5 Å². The molecule has 0 aliphatic carbocycles. The highest BCUT2D eigenvalue weighted by Crippen LogP contribution is 2.17. The summed E-state index contributed by atoms with van der Waals surface area (Å²) >= 11 is 1.99. The molecule has 2 nitrogen and oxygen atoms in total. The van der Waals surface area contributed by atoms with Crippen molar-refractivity contribution in [2.24, 2.45) is 0 Å². The molecule has 4 heteroatoms. The molecule has 1 aliphatic heterocycles. The fourth-order valence-electron chi connectivity index (χ4n) is 1.98. The Labute approximate surface area is 105 Å². The summed E-state index contributed by atoms with van der Waals surface area (Å²) in [5.74, 6) is 2.06. The summed E-state index contributed by atoms with van der Waals surface area (Å²) in [5.41, 5.74) is 1.24. The fraction of sp³-hybridized carbons (Fsp3) is 0.462. The number of nitriles is 1. The lowest BCUT2D eigenvalue weighted by molar-refractivity contribution is 0.481. The van der Waals surface area contributed by atoms with E-state index in [1.807, 2.05) is 17.8 Å². The van der Waals surface area contributed by atoms with Crippen molar-refractivity contribution in [3.05, 3.63) is 35.1 Å². The predicted molar refractivity (Wildman–Crippen MR) is 68.3 cm³/mol. The molecule has 1 heterocycles. The molecule has 0 spiro atoms. The maximum absolute atomic E-state index is 13.2. The Bertz CT molecular complexity index is 422. The lowest BCUT2D eigenvalue weighted by atomic mass is 10.1. The molecular formula is C13H15FN2S. The predicted octanol–water partition coefficient (Wildman–Crippen LogP) is 2.68. The molecule has 17 heavy (non-hydrogen) atoms. The van der Waals surface area contributed by atoms with E-state index >= 15 is 0 Å². The summed E-state index contributed by atoms with van der Waals surface area (Å²) in [6.07, 6.45) is 2.34. The molecule has 0 amide bonds. The quantitative estimate of drug-likeness (QED) is 0.896. The Hall–Kier alpha value is -1.05. The van der Waals surface area contributed by atoms with E-state index in [4.69, 9.17) is 5.26 Å². The second kappa shape index (κ2) is 6.04. The average molecular weight is 250 g/mol. The van der Waals surface area contributed by atoms with Crippen LogP contribution in [-0.2, 0) is 6.54 Å². The Morgan fingerprint density at radius 3 is 2.82 bits per heavy atom. The zero-order valence-corrected chi connectivity index (χ0v) is 10.4. The second-order valence-electron chi connectivity index (χ2n) is 4.23. The van der Waals surface area contributed by atoms with Crippen molar-refractivity contribution < 1.29 is 4.39 Å². The number of thioether (sulfide) groups is 1. The first kappa shape index (κ1) is 12.4. The fourth-order valence-corrected chi connectivity index (χ4v) is 3.09. The van der Waals surface area contributed by atoms with Gasteiger partial charge >= 0.3 is 0 Å². The number of rotatable bonds is 3. The van der Waals surface area contributed by atoms with E-state index in [1.165, 1.54) is 36.5 Å². The Morgan fingerprint density at radius 2 is 2.12 bits per heavy atom. The van der Waals surface area contributed by atoms with Crippen LogP contribution in [0.2, 0.25) is 0 Å². The van der Waals surface area contributed by atoms with E-state index in [0.717, 1.165) is 5.56 Å². The van der Waals surface area contributed by atoms with Crippen LogP contribution in [0.3, 0.4) is 0 Å². The molecule has 0 radical (unpaired) electrons. The van der Waals surface area contributed by atoms with Crippen molar-refractivity contribution in [1.82, 2.24) is 5.32 Å². The van der Waals surface area contributed by atoms with Gasteiger partial charge in [-0.15, -0.1) is 0 Å². The topological polar surface area (TPSA) is 35.8 Å². The summed E-state index contributed by atoms with van der Waals surface area (Å²) in [7, 11) is 0. The van der Waals surface area contributed by atoms with Crippen molar-refractivity contribution in [3.8, 4) is 6.07 Å². The molecule has 0 unspecified atom stereocenters. The maximum atomic E-state index is 13.2. The molecular weight excluding hydrogens is 235 g/mol. The highest BCUT2D eigenvalue weighted by molar-refractivity contribution is 7.99. The van der Waals surface area contributed by atoms with Crippen LogP contribution in [0.15, 0.2) is 18.2 Å². The minimum absolute atomic E-state index is 0.333. The van der Waals surface area contributed by atoms with Crippen molar-refractivity contribution >= 4 is 11.8 Å². The van der Waals surface area contributed by atoms with Crippen LogP contribution >= 0.6 is 11.8 Å². The van der Waals surface area contributed by atoms with Gasteiger partial charge in [-0.3, -0.25) is 0 Å². The zero-order chi connectivity index (χ0) is 12.1. The third kappa shape index (κ3) is 3.72. The summed E-state index contributed by atoms with van der Waals surface area (Å²) in [6, 6.07) is 7.01. The van der Waals surface area contributed by atoms with Gasteiger partial charge < -0.3 is 5.32 Å². The van der Waals surface area contributed by atoms with Gasteiger partial charge in [-0.2, -0.15) is 17.0 Å². The molecule has 1 fully saturated rings. The van der Waals surface area contributed by atoms with Crippen LogP contribution < -0.4 is 5.32 Å². The monoisotopic (exact) mass is 250 g/mol. The number of nitrogens with one attached hydrogen (secondary N) is 1. The van der Waals surface area contributed by atoms with Gasteiger partial charge in [0.2, 0.25) is 0 Å². The molecule has 2 rings (SSSR count). The summed E-state index contributed by atoms with van der Waals surface area (Å²) < 4.78 is 13.2. The van der Waals surface area contributed by atoms with Crippen molar-refractivity contribution in [1.29, 1.82) is 5.26 Å². The SMILES string of the molecule is N#Cc1cc(F)cc(CNC2CCSCC2)c1. The van der Waals surface area contributed by atoms with Gasteiger partial charge in [0.05, 0.1) is 11.6 Å². The van der Waals surface area contributed by atoms with E-state index in [0.29, 0.717) is 18.2 Å². The van der Waals surface area contributed by atoms with E-state index in [9.17, 15) is 4.39 Å². The molecule has 1 N–H and O–H groups in total. The van der Waals surface area contributed by atoms with Gasteiger partial charge in [-0.05, 0) is 48.1 Å². The third-order valence-corrected chi connectivity index (χ3v) is 3.95. The summed E-state index contributed by atoms with van der Waals surface area (Å²) in [6.45, 7) is 0.641. The number of halogens is 1. The first-order valence-electron chi connectivity index (χ1n) is 5.78. The highest BCUT2D eigenvalue weighted by atomic mass is 32.2.